The molecule has 0 spiro atoms. The van der Waals surface area contributed by atoms with Gasteiger partial charge in [0.2, 0.25) is 5.88 Å². The minimum atomic E-state index is -0.259. The quantitative estimate of drug-likeness (QED) is 0.798. The molecule has 6 heteroatoms. The minimum Gasteiger partial charge on any atom is -0.497 e. The topological polar surface area (TPSA) is 64.4 Å². The number of rotatable bonds is 4. The molecule has 0 saturated carbocycles. The fraction of sp³-hybridized carbons (Fsp3) is 0.0667. The molecule has 0 fully saturated rings. The van der Waals surface area contributed by atoms with E-state index in [1.807, 2.05) is 16.8 Å². The highest BCUT2D eigenvalue weighted by atomic mass is 32.1. The number of hydrogen-bond acceptors (Lipinski definition) is 5. The van der Waals surface area contributed by atoms with Crippen molar-refractivity contribution in [3.63, 3.8) is 0 Å². The van der Waals surface area contributed by atoms with Crippen molar-refractivity contribution in [2.45, 2.75) is 0 Å². The summed E-state index contributed by atoms with van der Waals surface area (Å²) >= 11 is 1.58. The standard InChI is InChI=1S/C15H12N2O3S/c1-19-12-4-2-10(3-5-12)15(18)16-14-8-13(17-20-14)11-6-7-21-9-11/h2-9H,1H3,(H,16,18). The van der Waals surface area contributed by atoms with Crippen LogP contribution in [-0.4, -0.2) is 18.2 Å². The van der Waals surface area contributed by atoms with Gasteiger partial charge in [0.05, 0.1) is 7.11 Å². The normalized spacial score (nSPS) is 10.3. The number of anilines is 1. The summed E-state index contributed by atoms with van der Waals surface area (Å²) in [7, 11) is 1.58. The Morgan fingerprint density at radius 3 is 2.76 bits per heavy atom. The fourth-order valence-corrected chi connectivity index (χ4v) is 2.46. The molecule has 3 aromatic rings. The number of ether oxygens (including phenoxy) is 1. The van der Waals surface area contributed by atoms with Gasteiger partial charge in [0.25, 0.3) is 5.91 Å². The van der Waals surface area contributed by atoms with Crippen molar-refractivity contribution < 1.29 is 14.1 Å². The van der Waals surface area contributed by atoms with Crippen LogP contribution in [0.3, 0.4) is 0 Å². The Bertz CT molecular complexity index is 733. The van der Waals surface area contributed by atoms with Crippen LogP contribution in [-0.2, 0) is 0 Å². The van der Waals surface area contributed by atoms with Crippen molar-refractivity contribution in [3.8, 4) is 17.0 Å². The van der Waals surface area contributed by atoms with Gasteiger partial charge in [-0.2, -0.15) is 11.3 Å². The maximum atomic E-state index is 12.1. The van der Waals surface area contributed by atoms with Gasteiger partial charge in [0.15, 0.2) is 0 Å². The molecule has 0 aliphatic heterocycles. The number of carbonyl (C=O) groups excluding carboxylic acids is 1. The van der Waals surface area contributed by atoms with Gasteiger partial charge in [0.1, 0.15) is 11.4 Å². The number of thiophene rings is 1. The number of nitrogens with one attached hydrogen (secondary N) is 1. The SMILES string of the molecule is COc1ccc(C(=O)Nc2cc(-c3ccsc3)no2)cc1. The molecule has 0 saturated heterocycles. The zero-order valence-electron chi connectivity index (χ0n) is 11.2. The molecule has 1 aromatic carbocycles. The molecule has 1 N–H and O–H groups in total. The van der Waals surface area contributed by atoms with Gasteiger partial charge < -0.3 is 9.26 Å². The Kier molecular flexibility index (Phi) is 3.70. The van der Waals surface area contributed by atoms with E-state index < -0.39 is 0 Å². The third-order valence-electron chi connectivity index (χ3n) is 2.92. The highest BCUT2D eigenvalue weighted by Gasteiger charge is 2.11. The molecular formula is C15H12N2O3S. The van der Waals surface area contributed by atoms with E-state index in [0.29, 0.717) is 22.9 Å². The number of amides is 1. The first-order valence-corrected chi connectivity index (χ1v) is 7.15. The van der Waals surface area contributed by atoms with Crippen LogP contribution >= 0.6 is 11.3 Å². The summed E-state index contributed by atoms with van der Waals surface area (Å²) in [5.74, 6) is 0.758. The molecule has 106 valence electrons. The molecule has 0 aliphatic carbocycles. The summed E-state index contributed by atoms with van der Waals surface area (Å²) in [5, 5.41) is 10.5. The van der Waals surface area contributed by atoms with Crippen molar-refractivity contribution in [1.29, 1.82) is 0 Å². The first kappa shape index (κ1) is 13.4. The molecule has 0 bridgehead atoms. The highest BCUT2D eigenvalue weighted by Crippen LogP contribution is 2.24. The molecule has 21 heavy (non-hydrogen) atoms. The molecule has 0 unspecified atom stereocenters. The van der Waals surface area contributed by atoms with Gasteiger partial charge in [-0.25, -0.2) is 0 Å². The van der Waals surface area contributed by atoms with Crippen LogP contribution in [0.1, 0.15) is 10.4 Å². The van der Waals surface area contributed by atoms with E-state index >= 15 is 0 Å². The lowest BCUT2D eigenvalue weighted by Crippen LogP contribution is -2.11. The van der Waals surface area contributed by atoms with E-state index in [-0.39, 0.29) is 5.91 Å². The third-order valence-corrected chi connectivity index (χ3v) is 3.60. The van der Waals surface area contributed by atoms with E-state index in [2.05, 4.69) is 10.5 Å². The van der Waals surface area contributed by atoms with Crippen molar-refractivity contribution in [2.75, 3.05) is 12.4 Å². The summed E-state index contributed by atoms with van der Waals surface area (Å²) in [6.07, 6.45) is 0. The number of benzene rings is 1. The Morgan fingerprint density at radius 1 is 1.29 bits per heavy atom. The molecule has 0 aliphatic rings. The molecule has 1 amide bonds. The maximum Gasteiger partial charge on any atom is 0.258 e. The van der Waals surface area contributed by atoms with Crippen LogP contribution in [0.5, 0.6) is 5.75 Å². The first-order valence-electron chi connectivity index (χ1n) is 6.21. The summed E-state index contributed by atoms with van der Waals surface area (Å²) in [6, 6.07) is 10.5. The Labute approximate surface area is 125 Å². The Balaban J connectivity index is 1.72. The predicted molar refractivity (Wildman–Crippen MR) is 80.8 cm³/mol. The van der Waals surface area contributed by atoms with Crippen LogP contribution in [0.4, 0.5) is 5.88 Å². The second kappa shape index (κ2) is 5.80. The number of nitrogens with zero attached hydrogens (tertiary/aromatic N) is 1. The average molecular weight is 300 g/mol. The van der Waals surface area contributed by atoms with Gasteiger partial charge in [0, 0.05) is 22.6 Å². The third kappa shape index (κ3) is 2.95. The lowest BCUT2D eigenvalue weighted by molar-refractivity contribution is 0.102. The van der Waals surface area contributed by atoms with Crippen LogP contribution in [0, 0.1) is 0 Å². The van der Waals surface area contributed by atoms with E-state index in [9.17, 15) is 4.79 Å². The van der Waals surface area contributed by atoms with Gasteiger partial charge in [-0.3, -0.25) is 10.1 Å². The Hall–Kier alpha value is -2.60. The van der Waals surface area contributed by atoms with Crippen LogP contribution in [0.2, 0.25) is 0 Å². The van der Waals surface area contributed by atoms with Crippen molar-refractivity contribution in [3.05, 3.63) is 52.7 Å². The number of methoxy groups -OCH3 is 1. The fourth-order valence-electron chi connectivity index (χ4n) is 1.81. The van der Waals surface area contributed by atoms with E-state index in [0.717, 1.165) is 5.56 Å². The van der Waals surface area contributed by atoms with Gasteiger partial charge in [-0.15, -0.1) is 0 Å². The lowest BCUT2D eigenvalue weighted by atomic mass is 10.2. The number of aromatic nitrogens is 1. The molecule has 3 rings (SSSR count). The van der Waals surface area contributed by atoms with Gasteiger partial charge in [-0.05, 0) is 35.7 Å². The maximum absolute atomic E-state index is 12.1. The summed E-state index contributed by atoms with van der Waals surface area (Å²) in [6.45, 7) is 0. The molecular weight excluding hydrogens is 288 g/mol. The summed E-state index contributed by atoms with van der Waals surface area (Å²) < 4.78 is 10.2. The van der Waals surface area contributed by atoms with Crippen LogP contribution < -0.4 is 10.1 Å². The second-order valence-corrected chi connectivity index (χ2v) is 5.05. The van der Waals surface area contributed by atoms with E-state index in [4.69, 9.17) is 9.26 Å². The zero-order chi connectivity index (χ0) is 14.7. The lowest BCUT2D eigenvalue weighted by Gasteiger charge is -2.02. The zero-order valence-corrected chi connectivity index (χ0v) is 12.0. The molecule has 2 aromatic heterocycles. The molecule has 5 nitrogen and oxygen atoms in total. The minimum absolute atomic E-state index is 0.259. The number of carbonyl (C=O) groups is 1. The molecule has 2 heterocycles. The van der Waals surface area contributed by atoms with Crippen molar-refractivity contribution >= 4 is 23.1 Å². The van der Waals surface area contributed by atoms with Crippen molar-refractivity contribution in [2.24, 2.45) is 0 Å². The Morgan fingerprint density at radius 2 is 2.10 bits per heavy atom. The predicted octanol–water partition coefficient (Wildman–Crippen LogP) is 3.66. The summed E-state index contributed by atoms with van der Waals surface area (Å²) in [5.41, 5.74) is 2.18. The highest BCUT2D eigenvalue weighted by molar-refractivity contribution is 7.08. The first-order chi connectivity index (χ1) is 10.3. The van der Waals surface area contributed by atoms with Gasteiger partial charge in [-0.1, -0.05) is 5.16 Å². The average Bonchev–Trinajstić information content (AvgIpc) is 3.18. The van der Waals surface area contributed by atoms with Crippen LogP contribution in [0.25, 0.3) is 11.3 Å². The van der Waals surface area contributed by atoms with E-state index in [1.54, 1.807) is 48.8 Å². The largest absolute Gasteiger partial charge is 0.497 e. The van der Waals surface area contributed by atoms with Gasteiger partial charge >= 0.3 is 0 Å². The monoisotopic (exact) mass is 300 g/mol. The van der Waals surface area contributed by atoms with Crippen LogP contribution in [0.15, 0.2) is 51.7 Å². The second-order valence-electron chi connectivity index (χ2n) is 4.27. The molecule has 0 radical (unpaired) electrons. The van der Waals surface area contributed by atoms with Crippen molar-refractivity contribution in [1.82, 2.24) is 5.16 Å². The number of hydrogen-bond donors (Lipinski definition) is 1. The smallest absolute Gasteiger partial charge is 0.258 e. The molecule has 0 atom stereocenters. The summed E-state index contributed by atoms with van der Waals surface area (Å²) in [4.78, 5) is 12.1. The van der Waals surface area contributed by atoms with E-state index in [1.165, 1.54) is 0 Å².